The average molecular weight is 414 g/mol. The SMILES string of the molecule is N#Cc1ccc(NC(=O)N[C@@H](Cc2ccc(Cl)cc2)C(=N)NC(=O)CCO)cc1. The number of hydrogen-bond donors (Lipinski definition) is 5. The zero-order valence-corrected chi connectivity index (χ0v) is 16.2. The minimum Gasteiger partial charge on any atom is -0.396 e. The quantitative estimate of drug-likeness (QED) is 0.351. The largest absolute Gasteiger partial charge is 0.396 e. The van der Waals surface area contributed by atoms with Crippen LogP contribution in [-0.2, 0) is 11.2 Å². The molecule has 0 fully saturated rings. The van der Waals surface area contributed by atoms with Gasteiger partial charge >= 0.3 is 6.03 Å². The van der Waals surface area contributed by atoms with E-state index in [9.17, 15) is 9.59 Å². The molecule has 0 aliphatic rings. The molecule has 0 heterocycles. The van der Waals surface area contributed by atoms with Gasteiger partial charge in [-0.25, -0.2) is 4.79 Å². The van der Waals surface area contributed by atoms with Gasteiger partial charge in [0, 0.05) is 10.7 Å². The van der Waals surface area contributed by atoms with Gasteiger partial charge in [-0.3, -0.25) is 10.2 Å². The number of benzene rings is 2. The third-order valence-electron chi connectivity index (χ3n) is 3.89. The molecule has 29 heavy (non-hydrogen) atoms. The molecule has 0 aliphatic heterocycles. The summed E-state index contributed by atoms with van der Waals surface area (Å²) in [6, 6.07) is 13.8. The molecule has 0 aromatic heterocycles. The molecular formula is C20H20ClN5O3. The van der Waals surface area contributed by atoms with E-state index in [2.05, 4.69) is 16.0 Å². The topological polar surface area (TPSA) is 138 Å². The van der Waals surface area contributed by atoms with E-state index >= 15 is 0 Å². The number of amides is 3. The van der Waals surface area contributed by atoms with Crippen molar-refractivity contribution in [2.24, 2.45) is 0 Å². The van der Waals surface area contributed by atoms with Crippen LogP contribution in [0.1, 0.15) is 17.5 Å². The van der Waals surface area contributed by atoms with Gasteiger partial charge in [0.15, 0.2) is 0 Å². The number of nitriles is 1. The van der Waals surface area contributed by atoms with Crippen LogP contribution in [0.3, 0.4) is 0 Å². The molecular weight excluding hydrogens is 394 g/mol. The van der Waals surface area contributed by atoms with Gasteiger partial charge in [-0.15, -0.1) is 0 Å². The van der Waals surface area contributed by atoms with Crippen LogP contribution in [-0.4, -0.2) is 35.5 Å². The highest BCUT2D eigenvalue weighted by Crippen LogP contribution is 2.12. The molecule has 0 unspecified atom stereocenters. The van der Waals surface area contributed by atoms with E-state index in [0.717, 1.165) is 5.56 Å². The van der Waals surface area contributed by atoms with Gasteiger partial charge in [0.25, 0.3) is 0 Å². The number of rotatable bonds is 7. The van der Waals surface area contributed by atoms with Crippen LogP contribution in [0.25, 0.3) is 0 Å². The number of anilines is 1. The van der Waals surface area contributed by atoms with Gasteiger partial charge in [-0.2, -0.15) is 5.26 Å². The molecule has 8 nitrogen and oxygen atoms in total. The number of nitrogens with one attached hydrogen (secondary N) is 4. The summed E-state index contributed by atoms with van der Waals surface area (Å²) in [7, 11) is 0. The van der Waals surface area contributed by atoms with E-state index in [1.54, 1.807) is 48.5 Å². The van der Waals surface area contributed by atoms with Crippen LogP contribution in [0.5, 0.6) is 0 Å². The van der Waals surface area contributed by atoms with E-state index in [4.69, 9.17) is 27.4 Å². The Kier molecular flexibility index (Phi) is 8.15. The molecule has 1 atom stereocenters. The predicted molar refractivity (Wildman–Crippen MR) is 110 cm³/mol. The lowest BCUT2D eigenvalue weighted by atomic mass is 10.0. The molecule has 5 N–H and O–H groups in total. The number of urea groups is 1. The number of aliphatic hydroxyl groups is 1. The molecule has 0 saturated carbocycles. The second kappa shape index (κ2) is 10.8. The van der Waals surface area contributed by atoms with Crippen LogP contribution in [0.2, 0.25) is 5.02 Å². The summed E-state index contributed by atoms with van der Waals surface area (Å²) in [5.41, 5.74) is 1.74. The molecule has 2 aromatic rings. The number of amidine groups is 1. The molecule has 0 spiro atoms. The van der Waals surface area contributed by atoms with E-state index in [0.29, 0.717) is 16.3 Å². The molecule has 3 amide bonds. The van der Waals surface area contributed by atoms with Crippen LogP contribution >= 0.6 is 11.6 Å². The molecule has 2 rings (SSSR count). The lowest BCUT2D eigenvalue weighted by Crippen LogP contribution is -2.50. The Balaban J connectivity index is 2.08. The maximum atomic E-state index is 12.4. The predicted octanol–water partition coefficient (Wildman–Crippen LogP) is 2.42. The van der Waals surface area contributed by atoms with E-state index in [1.165, 1.54) is 0 Å². The highest BCUT2D eigenvalue weighted by molar-refractivity contribution is 6.30. The van der Waals surface area contributed by atoms with Crippen molar-refractivity contribution in [2.45, 2.75) is 18.9 Å². The van der Waals surface area contributed by atoms with Crippen molar-refractivity contribution in [3.05, 3.63) is 64.7 Å². The monoisotopic (exact) mass is 413 g/mol. The first-order valence-corrected chi connectivity index (χ1v) is 9.10. The normalized spacial score (nSPS) is 11.1. The zero-order chi connectivity index (χ0) is 21.2. The van der Waals surface area contributed by atoms with Gasteiger partial charge in [-0.05, 0) is 48.4 Å². The second-order valence-corrected chi connectivity index (χ2v) is 6.54. The Morgan fingerprint density at radius 3 is 2.38 bits per heavy atom. The Bertz CT molecular complexity index is 907. The first kappa shape index (κ1) is 21.9. The van der Waals surface area contributed by atoms with Crippen LogP contribution in [0.4, 0.5) is 10.5 Å². The number of carbonyl (C=O) groups is 2. The van der Waals surface area contributed by atoms with Crippen LogP contribution in [0.15, 0.2) is 48.5 Å². The molecule has 0 bridgehead atoms. The fourth-order valence-corrected chi connectivity index (χ4v) is 2.56. The fraction of sp³-hybridized carbons (Fsp3) is 0.200. The molecule has 150 valence electrons. The Hall–Kier alpha value is -3.41. The highest BCUT2D eigenvalue weighted by atomic mass is 35.5. The number of hydrogen-bond acceptors (Lipinski definition) is 5. The van der Waals surface area contributed by atoms with Crippen LogP contribution < -0.4 is 16.0 Å². The number of halogens is 1. The molecule has 0 radical (unpaired) electrons. The third-order valence-corrected chi connectivity index (χ3v) is 4.14. The van der Waals surface area contributed by atoms with Crippen molar-refractivity contribution in [3.8, 4) is 6.07 Å². The fourth-order valence-electron chi connectivity index (χ4n) is 2.44. The summed E-state index contributed by atoms with van der Waals surface area (Å²) >= 11 is 5.89. The lowest BCUT2D eigenvalue weighted by molar-refractivity contribution is -0.120. The minimum absolute atomic E-state index is 0.145. The number of carbonyl (C=O) groups excluding carboxylic acids is 2. The lowest BCUT2D eigenvalue weighted by Gasteiger charge is -2.21. The number of nitrogens with zero attached hydrogens (tertiary/aromatic N) is 1. The standard InChI is InChI=1S/C20H20ClN5O3/c21-15-5-1-13(2-6-15)11-17(19(23)26-18(28)9-10-27)25-20(29)24-16-7-3-14(12-22)4-8-16/h1-8,17,27H,9-11H2,(H2,23,26,28)(H2,24,25,29)/t17-/m0/s1. The summed E-state index contributed by atoms with van der Waals surface area (Å²) in [5, 5.41) is 34.0. The summed E-state index contributed by atoms with van der Waals surface area (Å²) in [6.45, 7) is -0.340. The second-order valence-electron chi connectivity index (χ2n) is 6.11. The third kappa shape index (κ3) is 7.25. The van der Waals surface area contributed by atoms with Crippen molar-refractivity contribution in [1.29, 1.82) is 10.7 Å². The van der Waals surface area contributed by atoms with Gasteiger partial charge in [0.1, 0.15) is 5.84 Å². The molecule has 0 saturated heterocycles. The average Bonchev–Trinajstić information content (AvgIpc) is 2.69. The molecule has 2 aromatic carbocycles. The van der Waals surface area contributed by atoms with Gasteiger partial charge < -0.3 is 21.1 Å². The summed E-state index contributed by atoms with van der Waals surface area (Å²) in [5.74, 6) is -0.721. The van der Waals surface area contributed by atoms with Gasteiger partial charge in [0.05, 0.1) is 30.7 Å². The van der Waals surface area contributed by atoms with Crippen molar-refractivity contribution in [1.82, 2.24) is 10.6 Å². The molecule has 0 aliphatic carbocycles. The zero-order valence-electron chi connectivity index (χ0n) is 15.4. The van der Waals surface area contributed by atoms with Gasteiger partial charge in [-0.1, -0.05) is 23.7 Å². The van der Waals surface area contributed by atoms with Crippen molar-refractivity contribution >= 4 is 35.1 Å². The Labute approximate surface area is 173 Å². The van der Waals surface area contributed by atoms with E-state index in [-0.39, 0.29) is 25.3 Å². The first-order chi connectivity index (χ1) is 13.9. The van der Waals surface area contributed by atoms with Crippen molar-refractivity contribution in [3.63, 3.8) is 0 Å². The first-order valence-electron chi connectivity index (χ1n) is 8.72. The van der Waals surface area contributed by atoms with E-state index < -0.39 is 18.0 Å². The summed E-state index contributed by atoms with van der Waals surface area (Å²) in [6.07, 6.45) is 0.101. The van der Waals surface area contributed by atoms with E-state index in [1.807, 2.05) is 6.07 Å². The minimum atomic E-state index is -0.822. The number of aliphatic hydroxyl groups excluding tert-OH is 1. The Morgan fingerprint density at radius 2 is 1.79 bits per heavy atom. The molecule has 9 heteroatoms. The highest BCUT2D eigenvalue weighted by Gasteiger charge is 2.20. The van der Waals surface area contributed by atoms with Crippen molar-refractivity contribution in [2.75, 3.05) is 11.9 Å². The van der Waals surface area contributed by atoms with Crippen molar-refractivity contribution < 1.29 is 14.7 Å². The Morgan fingerprint density at radius 1 is 1.14 bits per heavy atom. The smallest absolute Gasteiger partial charge is 0.319 e. The maximum Gasteiger partial charge on any atom is 0.319 e. The summed E-state index contributed by atoms with van der Waals surface area (Å²) in [4.78, 5) is 24.1. The summed E-state index contributed by atoms with van der Waals surface area (Å²) < 4.78 is 0. The van der Waals surface area contributed by atoms with Gasteiger partial charge in [0.2, 0.25) is 5.91 Å². The van der Waals surface area contributed by atoms with Crippen LogP contribution in [0, 0.1) is 16.7 Å². The maximum absolute atomic E-state index is 12.4.